The van der Waals surface area contributed by atoms with Gasteiger partial charge in [-0.25, -0.2) is 4.98 Å². The number of nitrogens with zero attached hydrogens (tertiary/aromatic N) is 4. The maximum atomic E-state index is 5.49. The highest BCUT2D eigenvalue weighted by Crippen LogP contribution is 2.15. The number of nitrogens with one attached hydrogen (secondary N) is 1. The Morgan fingerprint density at radius 1 is 1.27 bits per heavy atom. The van der Waals surface area contributed by atoms with Crippen LogP contribution in [0.3, 0.4) is 0 Å². The molecule has 0 bridgehead atoms. The average Bonchev–Trinajstić information content (AvgIpc) is 2.57. The zero-order chi connectivity index (χ0) is 15.2. The van der Waals surface area contributed by atoms with Crippen LogP contribution >= 0.6 is 0 Å². The van der Waals surface area contributed by atoms with Gasteiger partial charge < -0.3 is 15.0 Å². The third kappa shape index (κ3) is 3.92. The molecule has 3 heterocycles. The molecule has 0 unspecified atom stereocenters. The lowest BCUT2D eigenvalue weighted by Crippen LogP contribution is -2.30. The van der Waals surface area contributed by atoms with Gasteiger partial charge >= 0.3 is 0 Å². The summed E-state index contributed by atoms with van der Waals surface area (Å²) in [6.07, 6.45) is 7.59. The summed E-state index contributed by atoms with van der Waals surface area (Å²) in [4.78, 5) is 15.0. The number of hydrogen-bond donors (Lipinski definition) is 1. The molecule has 0 spiro atoms. The molecule has 1 saturated heterocycles. The first-order valence-electron chi connectivity index (χ1n) is 7.58. The van der Waals surface area contributed by atoms with Gasteiger partial charge in [0.15, 0.2) is 0 Å². The van der Waals surface area contributed by atoms with Crippen molar-refractivity contribution in [1.29, 1.82) is 0 Å². The second kappa shape index (κ2) is 7.17. The molecule has 1 N–H and O–H groups in total. The summed E-state index contributed by atoms with van der Waals surface area (Å²) in [6, 6.07) is 6.23. The lowest BCUT2D eigenvalue weighted by molar-refractivity contribution is 0.0875. The van der Waals surface area contributed by atoms with E-state index in [-0.39, 0.29) is 0 Å². The van der Waals surface area contributed by atoms with Crippen LogP contribution in [0.25, 0.3) is 0 Å². The van der Waals surface area contributed by atoms with Gasteiger partial charge in [-0.1, -0.05) is 0 Å². The van der Waals surface area contributed by atoms with Gasteiger partial charge in [0.2, 0.25) is 5.95 Å². The lowest BCUT2D eigenvalue weighted by atomic mass is 10.1. The molecule has 6 heteroatoms. The molecule has 1 aliphatic rings. The van der Waals surface area contributed by atoms with Crippen LogP contribution in [-0.4, -0.2) is 41.3 Å². The minimum atomic E-state index is 0.335. The standard InChI is InChI=1S/C16H21N5O/c1-21(11-13-4-7-17-8-5-13)16-18-9-6-15(20-16)19-14-3-2-10-22-12-14/h4-9,14H,2-3,10-12H2,1H3,(H,18,19,20)/t14-/m0/s1. The smallest absolute Gasteiger partial charge is 0.227 e. The fourth-order valence-electron chi connectivity index (χ4n) is 2.51. The van der Waals surface area contributed by atoms with Crippen molar-refractivity contribution in [2.75, 3.05) is 30.5 Å². The van der Waals surface area contributed by atoms with Gasteiger partial charge in [-0.05, 0) is 36.6 Å². The molecule has 0 aromatic carbocycles. The second-order valence-corrected chi connectivity index (χ2v) is 5.51. The van der Waals surface area contributed by atoms with Crippen LogP contribution in [0, 0.1) is 0 Å². The fourth-order valence-corrected chi connectivity index (χ4v) is 2.51. The summed E-state index contributed by atoms with van der Waals surface area (Å²) in [6.45, 7) is 2.35. The molecular weight excluding hydrogens is 278 g/mol. The van der Waals surface area contributed by atoms with Crippen molar-refractivity contribution in [3.8, 4) is 0 Å². The Morgan fingerprint density at radius 2 is 2.14 bits per heavy atom. The topological polar surface area (TPSA) is 63.2 Å². The van der Waals surface area contributed by atoms with E-state index in [1.54, 1.807) is 18.6 Å². The highest BCUT2D eigenvalue weighted by atomic mass is 16.5. The molecule has 3 rings (SSSR count). The van der Waals surface area contributed by atoms with Gasteiger partial charge in [-0.2, -0.15) is 4.98 Å². The Hall–Kier alpha value is -2.21. The first kappa shape index (κ1) is 14.7. The number of hydrogen-bond acceptors (Lipinski definition) is 6. The first-order chi connectivity index (χ1) is 10.8. The molecule has 22 heavy (non-hydrogen) atoms. The van der Waals surface area contributed by atoms with E-state index in [0.29, 0.717) is 12.0 Å². The van der Waals surface area contributed by atoms with E-state index in [4.69, 9.17) is 4.74 Å². The molecule has 1 fully saturated rings. The van der Waals surface area contributed by atoms with Crippen LogP contribution in [0.2, 0.25) is 0 Å². The van der Waals surface area contributed by atoms with Crippen molar-refractivity contribution >= 4 is 11.8 Å². The molecule has 0 radical (unpaired) electrons. The van der Waals surface area contributed by atoms with Gasteiger partial charge in [-0.3, -0.25) is 4.98 Å². The fraction of sp³-hybridized carbons (Fsp3) is 0.438. The van der Waals surface area contributed by atoms with Crippen molar-refractivity contribution in [2.24, 2.45) is 0 Å². The quantitative estimate of drug-likeness (QED) is 0.912. The molecule has 2 aromatic heterocycles. The Labute approximate surface area is 130 Å². The van der Waals surface area contributed by atoms with E-state index in [1.165, 1.54) is 5.56 Å². The van der Waals surface area contributed by atoms with Gasteiger partial charge in [0.05, 0.1) is 12.6 Å². The zero-order valence-corrected chi connectivity index (χ0v) is 12.8. The lowest BCUT2D eigenvalue weighted by Gasteiger charge is -2.24. The largest absolute Gasteiger partial charge is 0.379 e. The summed E-state index contributed by atoms with van der Waals surface area (Å²) >= 11 is 0. The van der Waals surface area contributed by atoms with Gasteiger partial charge in [0, 0.05) is 38.8 Å². The number of pyridine rings is 1. The van der Waals surface area contributed by atoms with E-state index in [9.17, 15) is 0 Å². The summed E-state index contributed by atoms with van der Waals surface area (Å²) in [5.41, 5.74) is 1.18. The van der Waals surface area contributed by atoms with E-state index in [2.05, 4.69) is 20.3 Å². The van der Waals surface area contributed by atoms with Gasteiger partial charge in [0.1, 0.15) is 5.82 Å². The maximum Gasteiger partial charge on any atom is 0.227 e. The number of anilines is 2. The van der Waals surface area contributed by atoms with Crippen LogP contribution in [0.4, 0.5) is 11.8 Å². The average molecular weight is 299 g/mol. The van der Waals surface area contributed by atoms with Crippen molar-refractivity contribution in [3.63, 3.8) is 0 Å². The highest BCUT2D eigenvalue weighted by Gasteiger charge is 2.14. The van der Waals surface area contributed by atoms with Crippen LogP contribution in [0.15, 0.2) is 36.8 Å². The monoisotopic (exact) mass is 299 g/mol. The minimum absolute atomic E-state index is 0.335. The summed E-state index contributed by atoms with van der Waals surface area (Å²) in [5.74, 6) is 1.56. The molecule has 1 aliphatic heterocycles. The third-order valence-electron chi connectivity index (χ3n) is 3.67. The third-order valence-corrected chi connectivity index (χ3v) is 3.67. The molecular formula is C16H21N5O. The normalized spacial score (nSPS) is 18.0. The van der Waals surface area contributed by atoms with Gasteiger partial charge in [0.25, 0.3) is 0 Å². The number of rotatable bonds is 5. The molecule has 6 nitrogen and oxygen atoms in total. The highest BCUT2D eigenvalue weighted by molar-refractivity contribution is 5.42. The summed E-state index contributed by atoms with van der Waals surface area (Å²) in [7, 11) is 1.99. The molecule has 2 aromatic rings. The van der Waals surface area contributed by atoms with E-state index < -0.39 is 0 Å². The SMILES string of the molecule is CN(Cc1ccncc1)c1nccc(N[C@H]2CCCOC2)n1. The number of ether oxygens (including phenoxy) is 1. The van der Waals surface area contributed by atoms with Crippen LogP contribution in [-0.2, 0) is 11.3 Å². The summed E-state index contributed by atoms with van der Waals surface area (Å²) in [5, 5.41) is 3.43. The zero-order valence-electron chi connectivity index (χ0n) is 12.8. The first-order valence-corrected chi connectivity index (χ1v) is 7.58. The molecule has 0 aliphatic carbocycles. The predicted molar refractivity (Wildman–Crippen MR) is 85.8 cm³/mol. The molecule has 0 amide bonds. The Morgan fingerprint density at radius 3 is 2.91 bits per heavy atom. The van der Waals surface area contributed by atoms with Crippen LogP contribution < -0.4 is 10.2 Å². The predicted octanol–water partition coefficient (Wildman–Crippen LogP) is 2.10. The minimum Gasteiger partial charge on any atom is -0.379 e. The molecule has 116 valence electrons. The molecule has 0 saturated carbocycles. The van der Waals surface area contributed by atoms with Crippen LogP contribution in [0.1, 0.15) is 18.4 Å². The van der Waals surface area contributed by atoms with Gasteiger partial charge in [-0.15, -0.1) is 0 Å². The van der Waals surface area contributed by atoms with Crippen LogP contribution in [0.5, 0.6) is 0 Å². The van der Waals surface area contributed by atoms with E-state index in [0.717, 1.165) is 38.4 Å². The maximum absolute atomic E-state index is 5.49. The van der Waals surface area contributed by atoms with Crippen molar-refractivity contribution in [3.05, 3.63) is 42.4 Å². The number of aromatic nitrogens is 3. The summed E-state index contributed by atoms with van der Waals surface area (Å²) < 4.78 is 5.49. The van der Waals surface area contributed by atoms with Crippen molar-refractivity contribution < 1.29 is 4.74 Å². The van der Waals surface area contributed by atoms with E-state index >= 15 is 0 Å². The van der Waals surface area contributed by atoms with Crippen molar-refractivity contribution in [2.45, 2.75) is 25.4 Å². The Bertz CT molecular complexity index is 586. The Kier molecular flexibility index (Phi) is 4.80. The second-order valence-electron chi connectivity index (χ2n) is 5.51. The van der Waals surface area contributed by atoms with Crippen molar-refractivity contribution in [1.82, 2.24) is 15.0 Å². The molecule has 1 atom stereocenters. The Balaban J connectivity index is 1.64. The van der Waals surface area contributed by atoms with E-state index in [1.807, 2.05) is 30.1 Å².